The molecule has 0 aliphatic carbocycles. The lowest BCUT2D eigenvalue weighted by Gasteiger charge is -2.29. The Bertz CT molecular complexity index is 918. The maximum absolute atomic E-state index is 11.7. The average molecular weight is 342 g/mol. The monoisotopic (exact) mass is 341 g/mol. The maximum atomic E-state index is 11.7. The molecule has 0 amide bonds. The second-order valence-electron chi connectivity index (χ2n) is 5.82. The molecule has 7 heteroatoms. The predicted molar refractivity (Wildman–Crippen MR) is 92.4 cm³/mol. The molecule has 0 atom stereocenters. The second-order valence-corrected chi connectivity index (χ2v) is 6.20. The zero-order chi connectivity index (χ0) is 16.5. The summed E-state index contributed by atoms with van der Waals surface area (Å²) in [5.74, 6) is 0. The van der Waals surface area contributed by atoms with Gasteiger partial charge in [-0.1, -0.05) is 41.9 Å². The van der Waals surface area contributed by atoms with Crippen molar-refractivity contribution in [1.82, 2.24) is 19.7 Å². The molecule has 2 aromatic heterocycles. The zero-order valence-electron chi connectivity index (χ0n) is 12.9. The van der Waals surface area contributed by atoms with Gasteiger partial charge in [-0.3, -0.25) is 4.79 Å². The number of fused-ring (bicyclic) bond motifs is 1. The fourth-order valence-electron chi connectivity index (χ4n) is 3.06. The number of hydrogen-bond acceptors (Lipinski definition) is 4. The molecule has 0 unspecified atom stereocenters. The summed E-state index contributed by atoms with van der Waals surface area (Å²) in [5, 5.41) is 6.41. The number of aromatic amines is 1. The first-order valence-electron chi connectivity index (χ1n) is 7.77. The van der Waals surface area contributed by atoms with Gasteiger partial charge in [0.15, 0.2) is 0 Å². The number of benzene rings is 1. The van der Waals surface area contributed by atoms with Crippen molar-refractivity contribution in [3.8, 4) is 0 Å². The first-order chi connectivity index (χ1) is 11.7. The van der Waals surface area contributed by atoms with Gasteiger partial charge in [0.25, 0.3) is 5.56 Å². The third-order valence-corrected chi connectivity index (χ3v) is 4.67. The van der Waals surface area contributed by atoms with Gasteiger partial charge in [-0.05, 0) is 5.56 Å². The number of nitrogens with zero attached hydrogens (tertiary/aromatic N) is 4. The Morgan fingerprint density at radius 1 is 1.25 bits per heavy atom. The highest BCUT2D eigenvalue weighted by Gasteiger charge is 2.23. The summed E-state index contributed by atoms with van der Waals surface area (Å²) in [6.45, 7) is 2.20. The Hall–Kier alpha value is -2.60. The van der Waals surface area contributed by atoms with Crippen molar-refractivity contribution < 1.29 is 0 Å². The van der Waals surface area contributed by atoms with Crippen LogP contribution < -0.4 is 10.5 Å². The van der Waals surface area contributed by atoms with Crippen molar-refractivity contribution in [2.24, 2.45) is 0 Å². The highest BCUT2D eigenvalue weighted by molar-refractivity contribution is 6.32. The van der Waals surface area contributed by atoms with Gasteiger partial charge in [-0.15, -0.1) is 0 Å². The molecule has 6 nitrogen and oxygen atoms in total. The number of nitrogens with one attached hydrogen (secondary N) is 1. The molecule has 0 radical (unpaired) electrons. The molecule has 0 spiro atoms. The van der Waals surface area contributed by atoms with E-state index in [1.807, 2.05) is 24.5 Å². The van der Waals surface area contributed by atoms with Crippen molar-refractivity contribution in [3.05, 3.63) is 75.2 Å². The van der Waals surface area contributed by atoms with Crippen molar-refractivity contribution in [1.29, 1.82) is 0 Å². The van der Waals surface area contributed by atoms with E-state index in [4.69, 9.17) is 11.6 Å². The van der Waals surface area contributed by atoms with E-state index in [2.05, 4.69) is 36.8 Å². The molecule has 1 aliphatic heterocycles. The van der Waals surface area contributed by atoms with E-state index in [-0.39, 0.29) is 10.6 Å². The van der Waals surface area contributed by atoms with Crippen molar-refractivity contribution in [2.75, 3.05) is 11.4 Å². The van der Waals surface area contributed by atoms with Crippen LogP contribution in [0.5, 0.6) is 0 Å². The van der Waals surface area contributed by atoms with Gasteiger partial charge in [0.1, 0.15) is 5.02 Å². The van der Waals surface area contributed by atoms with Gasteiger partial charge in [0.2, 0.25) is 0 Å². The standard InChI is InChI=1S/C17H16ClN5O/c18-16-14(8-20-21-17(16)24)22-7-6-13-15(10-22)23(11-19-13)9-12-4-2-1-3-5-12/h1-5,8,11H,6-7,9-10H2,(H,21,24). The fraction of sp³-hybridized carbons (Fsp3) is 0.235. The number of anilines is 1. The van der Waals surface area contributed by atoms with E-state index in [9.17, 15) is 4.79 Å². The van der Waals surface area contributed by atoms with Crippen LogP contribution in [0.25, 0.3) is 0 Å². The van der Waals surface area contributed by atoms with Crippen molar-refractivity contribution >= 4 is 17.3 Å². The molecular weight excluding hydrogens is 326 g/mol. The summed E-state index contributed by atoms with van der Waals surface area (Å²) in [6.07, 6.45) is 4.31. The molecule has 3 aromatic rings. The van der Waals surface area contributed by atoms with Crippen LogP contribution in [0.4, 0.5) is 5.69 Å². The SMILES string of the molecule is O=c1[nH]ncc(N2CCc3ncn(Cc4ccccc4)c3C2)c1Cl. The molecule has 24 heavy (non-hydrogen) atoms. The molecule has 0 saturated heterocycles. The third kappa shape index (κ3) is 2.69. The Kier molecular flexibility index (Phi) is 3.82. The summed E-state index contributed by atoms with van der Waals surface area (Å²) in [7, 11) is 0. The quantitative estimate of drug-likeness (QED) is 0.793. The lowest BCUT2D eigenvalue weighted by Crippen LogP contribution is -2.33. The van der Waals surface area contributed by atoms with Crippen LogP contribution in [-0.4, -0.2) is 26.3 Å². The van der Waals surface area contributed by atoms with E-state index in [0.29, 0.717) is 12.2 Å². The number of rotatable bonds is 3. The van der Waals surface area contributed by atoms with Gasteiger partial charge >= 0.3 is 0 Å². The molecule has 122 valence electrons. The minimum Gasteiger partial charge on any atom is -0.363 e. The minimum atomic E-state index is -0.363. The average Bonchev–Trinajstić information content (AvgIpc) is 3.00. The summed E-state index contributed by atoms with van der Waals surface area (Å²) in [5.41, 5.74) is 3.79. The molecule has 1 aliphatic rings. The van der Waals surface area contributed by atoms with Crippen LogP contribution in [0.15, 0.2) is 47.7 Å². The normalized spacial score (nSPS) is 13.8. The van der Waals surface area contributed by atoms with Gasteiger partial charge < -0.3 is 9.47 Å². The molecule has 1 aromatic carbocycles. The predicted octanol–water partition coefficient (Wildman–Crippen LogP) is 2.23. The van der Waals surface area contributed by atoms with E-state index >= 15 is 0 Å². The molecular formula is C17H16ClN5O. The lowest BCUT2D eigenvalue weighted by atomic mass is 10.1. The molecule has 4 rings (SSSR count). The third-order valence-electron chi connectivity index (χ3n) is 4.31. The molecule has 3 heterocycles. The summed E-state index contributed by atoms with van der Waals surface area (Å²) < 4.78 is 2.16. The first-order valence-corrected chi connectivity index (χ1v) is 8.15. The smallest absolute Gasteiger partial charge is 0.285 e. The summed E-state index contributed by atoms with van der Waals surface area (Å²) in [6, 6.07) is 10.3. The van der Waals surface area contributed by atoms with E-state index in [0.717, 1.165) is 30.9 Å². The van der Waals surface area contributed by atoms with Crippen LogP contribution in [-0.2, 0) is 19.5 Å². The summed E-state index contributed by atoms with van der Waals surface area (Å²) in [4.78, 5) is 18.3. The maximum Gasteiger partial charge on any atom is 0.285 e. The fourth-order valence-corrected chi connectivity index (χ4v) is 3.27. The Morgan fingerprint density at radius 3 is 2.92 bits per heavy atom. The number of H-pyrrole nitrogens is 1. The number of hydrogen-bond donors (Lipinski definition) is 1. The van der Waals surface area contributed by atoms with Crippen LogP contribution in [0.3, 0.4) is 0 Å². The Balaban J connectivity index is 1.64. The second kappa shape index (κ2) is 6.13. The van der Waals surface area contributed by atoms with E-state index in [1.165, 1.54) is 5.56 Å². The molecule has 0 bridgehead atoms. The Morgan fingerprint density at radius 2 is 2.08 bits per heavy atom. The van der Waals surface area contributed by atoms with Crippen molar-refractivity contribution in [2.45, 2.75) is 19.5 Å². The largest absolute Gasteiger partial charge is 0.363 e. The number of halogens is 1. The highest BCUT2D eigenvalue weighted by Crippen LogP contribution is 2.27. The van der Waals surface area contributed by atoms with Gasteiger partial charge in [0, 0.05) is 19.5 Å². The van der Waals surface area contributed by atoms with Gasteiger partial charge in [-0.2, -0.15) is 5.10 Å². The van der Waals surface area contributed by atoms with E-state index < -0.39 is 0 Å². The van der Waals surface area contributed by atoms with Crippen LogP contribution >= 0.6 is 11.6 Å². The molecule has 0 fully saturated rings. The first kappa shape index (κ1) is 15.0. The van der Waals surface area contributed by atoms with Gasteiger partial charge in [-0.25, -0.2) is 10.1 Å². The van der Waals surface area contributed by atoms with Crippen molar-refractivity contribution in [3.63, 3.8) is 0 Å². The summed E-state index contributed by atoms with van der Waals surface area (Å²) >= 11 is 6.15. The van der Waals surface area contributed by atoms with Crippen LogP contribution in [0.1, 0.15) is 17.0 Å². The lowest BCUT2D eigenvalue weighted by molar-refractivity contribution is 0.655. The van der Waals surface area contributed by atoms with Crippen LogP contribution in [0.2, 0.25) is 5.02 Å². The van der Waals surface area contributed by atoms with E-state index in [1.54, 1.807) is 6.20 Å². The number of imidazole rings is 1. The topological polar surface area (TPSA) is 66.8 Å². The molecule has 0 saturated carbocycles. The Labute approximate surface area is 143 Å². The van der Waals surface area contributed by atoms with Gasteiger partial charge in [0.05, 0.1) is 36.1 Å². The van der Waals surface area contributed by atoms with Crippen LogP contribution in [0, 0.1) is 0 Å². The minimum absolute atomic E-state index is 0.183. The molecule has 1 N–H and O–H groups in total. The highest BCUT2D eigenvalue weighted by atomic mass is 35.5. The zero-order valence-corrected chi connectivity index (χ0v) is 13.7. The number of aromatic nitrogens is 4.